The minimum Gasteiger partial charge on any atom is -0.288 e. The average molecular weight is 450 g/mol. The second kappa shape index (κ2) is 7.33. The third-order valence-electron chi connectivity index (χ3n) is 5.39. The molecule has 0 amide bonds. The van der Waals surface area contributed by atoms with E-state index in [-0.39, 0.29) is 12.8 Å². The molecule has 0 aliphatic carbocycles. The van der Waals surface area contributed by atoms with Gasteiger partial charge >= 0.3 is 6.36 Å². The highest BCUT2D eigenvalue weighted by Crippen LogP contribution is 2.41. The van der Waals surface area contributed by atoms with Crippen molar-refractivity contribution < 1.29 is 26.7 Å². The van der Waals surface area contributed by atoms with Crippen LogP contribution in [0.5, 0.6) is 0 Å². The molecule has 0 saturated carbocycles. The SMILES string of the molecule is Fc1ccc(-c2nn3c(c2-c2ccnc4[nH]ncc24)CCC(F)(COC(F)(F)F)C3)nc1. The molecule has 0 bridgehead atoms. The van der Waals surface area contributed by atoms with Gasteiger partial charge < -0.3 is 0 Å². The standard InChI is InChI=1S/C20H15F5N6O/c21-11-1-2-14(27-7-11)17-16(12-4-6-26-18-13(12)8-28-29-18)15-3-5-19(22,9-31(15)30-17)10-32-20(23,24)25/h1-2,4,6-8H,3,5,9-10H2,(H,26,28,29). The molecule has 0 fully saturated rings. The predicted octanol–water partition coefficient (Wildman–Crippen LogP) is 4.21. The molecule has 12 heteroatoms. The zero-order chi connectivity index (χ0) is 22.5. The van der Waals surface area contributed by atoms with E-state index in [9.17, 15) is 17.6 Å². The van der Waals surface area contributed by atoms with Crippen LogP contribution in [-0.4, -0.2) is 48.6 Å². The Labute approximate surface area is 177 Å². The van der Waals surface area contributed by atoms with Crippen molar-refractivity contribution in [3.8, 4) is 22.5 Å². The van der Waals surface area contributed by atoms with Gasteiger partial charge in [-0.15, -0.1) is 13.2 Å². The molecular formula is C20H15F5N6O. The Morgan fingerprint density at radius 3 is 2.75 bits per heavy atom. The first kappa shape index (κ1) is 20.5. The Bertz CT molecular complexity index is 1280. The number of H-pyrrole nitrogens is 1. The van der Waals surface area contributed by atoms with E-state index in [1.54, 1.807) is 18.5 Å². The number of ether oxygens (including phenoxy) is 1. The van der Waals surface area contributed by atoms with E-state index in [2.05, 4.69) is 30.0 Å². The van der Waals surface area contributed by atoms with Gasteiger partial charge in [-0.2, -0.15) is 10.2 Å². The van der Waals surface area contributed by atoms with Crippen LogP contribution in [-0.2, 0) is 17.7 Å². The monoisotopic (exact) mass is 450 g/mol. The average Bonchev–Trinajstić information content (AvgIpc) is 3.36. The summed E-state index contributed by atoms with van der Waals surface area (Å²) < 4.78 is 71.2. The molecule has 1 unspecified atom stereocenters. The van der Waals surface area contributed by atoms with Gasteiger partial charge in [0.15, 0.2) is 11.3 Å². The number of halogens is 5. The van der Waals surface area contributed by atoms with E-state index in [4.69, 9.17) is 0 Å². The number of aromatic amines is 1. The lowest BCUT2D eigenvalue weighted by Gasteiger charge is -2.30. The maximum atomic E-state index is 15.2. The highest BCUT2D eigenvalue weighted by Gasteiger charge is 2.42. The lowest BCUT2D eigenvalue weighted by Crippen LogP contribution is -2.41. The lowest BCUT2D eigenvalue weighted by atomic mass is 9.91. The fourth-order valence-corrected chi connectivity index (χ4v) is 3.95. The number of pyridine rings is 2. The van der Waals surface area contributed by atoms with Gasteiger partial charge in [-0.3, -0.25) is 19.5 Å². The van der Waals surface area contributed by atoms with Gasteiger partial charge in [0.2, 0.25) is 0 Å². The molecule has 5 rings (SSSR count). The molecule has 0 saturated heterocycles. The Kier molecular flexibility index (Phi) is 4.69. The van der Waals surface area contributed by atoms with E-state index < -0.39 is 31.0 Å². The molecule has 1 aliphatic rings. The molecule has 1 N–H and O–H groups in total. The highest BCUT2D eigenvalue weighted by atomic mass is 19.4. The minimum absolute atomic E-state index is 0.114. The summed E-state index contributed by atoms with van der Waals surface area (Å²) in [5.74, 6) is -0.535. The number of hydrogen-bond acceptors (Lipinski definition) is 5. The second-order valence-corrected chi connectivity index (χ2v) is 7.57. The molecule has 7 nitrogen and oxygen atoms in total. The molecule has 1 atom stereocenters. The number of aromatic nitrogens is 6. The summed E-state index contributed by atoms with van der Waals surface area (Å²) in [6, 6.07) is 4.41. The summed E-state index contributed by atoms with van der Waals surface area (Å²) in [6.45, 7) is -1.55. The Balaban J connectivity index is 1.64. The molecule has 166 valence electrons. The van der Waals surface area contributed by atoms with Gasteiger partial charge in [0.1, 0.15) is 11.5 Å². The van der Waals surface area contributed by atoms with Crippen LogP contribution < -0.4 is 0 Å². The van der Waals surface area contributed by atoms with E-state index in [0.29, 0.717) is 39.2 Å². The maximum absolute atomic E-state index is 15.2. The summed E-state index contributed by atoms with van der Waals surface area (Å²) in [5.41, 5.74) is 0.917. The van der Waals surface area contributed by atoms with Gasteiger partial charge in [-0.1, -0.05) is 0 Å². The Morgan fingerprint density at radius 1 is 1.16 bits per heavy atom. The smallest absolute Gasteiger partial charge is 0.288 e. The molecule has 4 aromatic heterocycles. The highest BCUT2D eigenvalue weighted by molar-refractivity contribution is 5.97. The van der Waals surface area contributed by atoms with E-state index in [1.807, 2.05) is 0 Å². The molecule has 4 aromatic rings. The fraction of sp³-hybridized carbons (Fsp3) is 0.300. The Morgan fingerprint density at radius 2 is 2.00 bits per heavy atom. The third kappa shape index (κ3) is 3.70. The largest absolute Gasteiger partial charge is 0.522 e. The second-order valence-electron chi connectivity index (χ2n) is 7.57. The number of fused-ring (bicyclic) bond motifs is 2. The van der Waals surface area contributed by atoms with Crippen LogP contribution in [0.1, 0.15) is 12.1 Å². The van der Waals surface area contributed by atoms with Crippen LogP contribution in [0.3, 0.4) is 0 Å². The zero-order valence-electron chi connectivity index (χ0n) is 16.3. The maximum Gasteiger partial charge on any atom is 0.522 e. The van der Waals surface area contributed by atoms with Crippen molar-refractivity contribution in [1.29, 1.82) is 0 Å². The summed E-state index contributed by atoms with van der Waals surface area (Å²) in [4.78, 5) is 8.31. The number of nitrogens with one attached hydrogen (secondary N) is 1. The van der Waals surface area contributed by atoms with Crippen molar-refractivity contribution >= 4 is 11.0 Å². The molecule has 1 aliphatic heterocycles. The van der Waals surface area contributed by atoms with Crippen LogP contribution in [0, 0.1) is 5.82 Å². The Hall–Kier alpha value is -3.41. The molecule has 5 heterocycles. The molecular weight excluding hydrogens is 435 g/mol. The fourth-order valence-electron chi connectivity index (χ4n) is 3.95. The van der Waals surface area contributed by atoms with Crippen LogP contribution >= 0.6 is 0 Å². The quantitative estimate of drug-likeness (QED) is 0.471. The van der Waals surface area contributed by atoms with Crippen molar-refractivity contribution in [2.24, 2.45) is 0 Å². The number of rotatable bonds is 4. The predicted molar refractivity (Wildman–Crippen MR) is 102 cm³/mol. The van der Waals surface area contributed by atoms with Crippen LogP contribution in [0.25, 0.3) is 33.5 Å². The van der Waals surface area contributed by atoms with E-state index in [1.165, 1.54) is 16.8 Å². The first-order chi connectivity index (χ1) is 15.2. The summed E-state index contributed by atoms with van der Waals surface area (Å²) in [7, 11) is 0. The molecule has 32 heavy (non-hydrogen) atoms. The molecule has 0 spiro atoms. The van der Waals surface area contributed by atoms with Gasteiger partial charge in [-0.05, 0) is 36.6 Å². The van der Waals surface area contributed by atoms with Crippen LogP contribution in [0.2, 0.25) is 0 Å². The normalized spacial score (nSPS) is 18.8. The number of hydrogen-bond donors (Lipinski definition) is 1. The molecule has 0 radical (unpaired) electrons. The van der Waals surface area contributed by atoms with Crippen LogP contribution in [0.4, 0.5) is 22.0 Å². The number of alkyl halides is 4. The van der Waals surface area contributed by atoms with Gasteiger partial charge in [0.05, 0.1) is 31.2 Å². The van der Waals surface area contributed by atoms with Gasteiger partial charge in [0.25, 0.3) is 0 Å². The third-order valence-corrected chi connectivity index (χ3v) is 5.39. The van der Waals surface area contributed by atoms with Crippen molar-refractivity contribution in [2.75, 3.05) is 6.61 Å². The molecule has 0 aromatic carbocycles. The van der Waals surface area contributed by atoms with E-state index in [0.717, 1.165) is 6.20 Å². The lowest BCUT2D eigenvalue weighted by molar-refractivity contribution is -0.335. The first-order valence-electron chi connectivity index (χ1n) is 9.62. The van der Waals surface area contributed by atoms with Gasteiger partial charge in [0, 0.05) is 22.8 Å². The van der Waals surface area contributed by atoms with E-state index >= 15 is 4.39 Å². The van der Waals surface area contributed by atoms with Crippen molar-refractivity contribution in [3.05, 3.63) is 48.3 Å². The topological polar surface area (TPSA) is 81.5 Å². The van der Waals surface area contributed by atoms with Crippen molar-refractivity contribution in [1.82, 2.24) is 29.9 Å². The van der Waals surface area contributed by atoms with Crippen molar-refractivity contribution in [3.63, 3.8) is 0 Å². The summed E-state index contributed by atoms with van der Waals surface area (Å²) in [5, 5.41) is 11.9. The minimum atomic E-state index is -4.93. The first-order valence-corrected chi connectivity index (χ1v) is 9.62. The zero-order valence-corrected chi connectivity index (χ0v) is 16.3. The summed E-state index contributed by atoms with van der Waals surface area (Å²) in [6.07, 6.45) is -0.805. The van der Waals surface area contributed by atoms with Crippen molar-refractivity contribution in [2.45, 2.75) is 31.4 Å². The number of nitrogens with zero attached hydrogens (tertiary/aromatic N) is 5. The summed E-state index contributed by atoms with van der Waals surface area (Å²) >= 11 is 0. The van der Waals surface area contributed by atoms with Gasteiger partial charge in [-0.25, -0.2) is 13.8 Å². The van der Waals surface area contributed by atoms with Crippen LogP contribution in [0.15, 0.2) is 36.8 Å².